The SMILES string of the molecule is O=Cc1nc(C(F)F)cc(Cl)c1Br. The lowest BCUT2D eigenvalue weighted by Crippen LogP contribution is -1.96. The molecular formula is C7H3BrClF2NO. The summed E-state index contributed by atoms with van der Waals surface area (Å²) in [5.41, 5.74) is -0.627. The molecule has 0 fully saturated rings. The minimum absolute atomic E-state index is 0.0485. The molecular weight excluding hydrogens is 267 g/mol. The fourth-order valence-corrected chi connectivity index (χ4v) is 1.23. The summed E-state index contributed by atoms with van der Waals surface area (Å²) in [6.45, 7) is 0. The summed E-state index contributed by atoms with van der Waals surface area (Å²) < 4.78 is 24.5. The van der Waals surface area contributed by atoms with Crippen molar-refractivity contribution in [2.45, 2.75) is 6.43 Å². The topological polar surface area (TPSA) is 30.0 Å². The molecule has 1 heterocycles. The van der Waals surface area contributed by atoms with Gasteiger partial charge in [0.05, 0.1) is 9.50 Å². The lowest BCUT2D eigenvalue weighted by atomic mass is 10.3. The number of aldehydes is 1. The smallest absolute Gasteiger partial charge is 0.280 e. The maximum absolute atomic E-state index is 12.1. The van der Waals surface area contributed by atoms with Gasteiger partial charge in [0.15, 0.2) is 6.29 Å². The van der Waals surface area contributed by atoms with Crippen molar-refractivity contribution in [2.24, 2.45) is 0 Å². The van der Waals surface area contributed by atoms with Gasteiger partial charge in [-0.2, -0.15) is 0 Å². The summed E-state index contributed by atoms with van der Waals surface area (Å²) in [6, 6.07) is 1.02. The first-order chi connectivity index (χ1) is 6.06. The van der Waals surface area contributed by atoms with E-state index < -0.39 is 12.1 Å². The van der Waals surface area contributed by atoms with E-state index in [4.69, 9.17) is 11.6 Å². The maximum Gasteiger partial charge on any atom is 0.280 e. The Kier molecular flexibility index (Phi) is 3.33. The number of nitrogens with zero attached hydrogens (tertiary/aromatic N) is 1. The Morgan fingerprint density at radius 1 is 1.62 bits per heavy atom. The zero-order valence-corrected chi connectivity index (χ0v) is 8.44. The molecule has 0 aliphatic rings. The second-order valence-corrected chi connectivity index (χ2v) is 3.35. The van der Waals surface area contributed by atoms with Crippen molar-refractivity contribution in [1.29, 1.82) is 0 Å². The Balaban J connectivity index is 3.30. The number of pyridine rings is 1. The van der Waals surface area contributed by atoms with Crippen LogP contribution in [0.1, 0.15) is 22.6 Å². The lowest BCUT2D eigenvalue weighted by molar-refractivity contribution is 0.111. The molecule has 0 bridgehead atoms. The summed E-state index contributed by atoms with van der Waals surface area (Å²) in [5.74, 6) is 0. The predicted molar refractivity (Wildman–Crippen MR) is 47.3 cm³/mol. The van der Waals surface area contributed by atoms with Crippen LogP contribution in [0.4, 0.5) is 8.78 Å². The molecule has 70 valence electrons. The predicted octanol–water partition coefficient (Wildman–Crippen LogP) is 3.25. The highest BCUT2D eigenvalue weighted by Crippen LogP contribution is 2.28. The first-order valence-corrected chi connectivity index (χ1v) is 4.32. The molecule has 2 nitrogen and oxygen atoms in total. The zero-order valence-electron chi connectivity index (χ0n) is 6.10. The molecule has 0 aliphatic heterocycles. The molecule has 0 saturated heterocycles. The van der Waals surface area contributed by atoms with Gasteiger partial charge in [-0.3, -0.25) is 4.79 Å². The minimum Gasteiger partial charge on any atom is -0.296 e. The maximum atomic E-state index is 12.1. The average Bonchev–Trinajstić information content (AvgIpc) is 2.09. The van der Waals surface area contributed by atoms with Gasteiger partial charge in [-0.15, -0.1) is 0 Å². The van der Waals surface area contributed by atoms with Crippen LogP contribution in [0.15, 0.2) is 10.5 Å². The van der Waals surface area contributed by atoms with E-state index in [1.165, 1.54) is 0 Å². The van der Waals surface area contributed by atoms with Crippen LogP contribution in [-0.2, 0) is 0 Å². The summed E-state index contributed by atoms with van der Waals surface area (Å²) in [6.07, 6.45) is -2.37. The van der Waals surface area contributed by atoms with Crippen LogP contribution >= 0.6 is 27.5 Å². The van der Waals surface area contributed by atoms with E-state index in [9.17, 15) is 13.6 Å². The number of rotatable bonds is 2. The Morgan fingerprint density at radius 3 is 2.69 bits per heavy atom. The highest BCUT2D eigenvalue weighted by molar-refractivity contribution is 9.10. The fourth-order valence-electron chi connectivity index (χ4n) is 0.726. The average molecular weight is 270 g/mol. The highest BCUT2D eigenvalue weighted by atomic mass is 79.9. The molecule has 0 unspecified atom stereocenters. The minimum atomic E-state index is -2.73. The molecule has 0 aromatic carbocycles. The van der Waals surface area contributed by atoms with E-state index in [1.54, 1.807) is 0 Å². The number of aromatic nitrogens is 1. The summed E-state index contributed by atoms with van der Waals surface area (Å²) >= 11 is 8.52. The molecule has 0 saturated carbocycles. The van der Waals surface area contributed by atoms with E-state index in [2.05, 4.69) is 20.9 Å². The Hall–Kier alpha value is -0.550. The molecule has 0 aliphatic carbocycles. The van der Waals surface area contributed by atoms with Crippen LogP contribution in [0.2, 0.25) is 5.02 Å². The monoisotopic (exact) mass is 269 g/mol. The first-order valence-electron chi connectivity index (χ1n) is 3.15. The van der Waals surface area contributed by atoms with E-state index >= 15 is 0 Å². The van der Waals surface area contributed by atoms with Gasteiger partial charge >= 0.3 is 0 Å². The van der Waals surface area contributed by atoms with Crippen molar-refractivity contribution in [3.8, 4) is 0 Å². The molecule has 0 amide bonds. The van der Waals surface area contributed by atoms with Crippen molar-refractivity contribution in [1.82, 2.24) is 4.98 Å². The summed E-state index contributed by atoms with van der Waals surface area (Å²) in [7, 11) is 0. The van der Waals surface area contributed by atoms with Crippen molar-refractivity contribution in [3.05, 3.63) is 26.9 Å². The molecule has 13 heavy (non-hydrogen) atoms. The number of alkyl halides is 2. The van der Waals surface area contributed by atoms with Crippen molar-refractivity contribution in [2.75, 3.05) is 0 Å². The second kappa shape index (κ2) is 4.11. The lowest BCUT2D eigenvalue weighted by Gasteiger charge is -2.03. The first kappa shape index (κ1) is 10.5. The largest absolute Gasteiger partial charge is 0.296 e. The fraction of sp³-hybridized carbons (Fsp3) is 0.143. The standard InChI is InChI=1S/C7H3BrClF2NO/c8-6-3(9)1-4(7(10)11)12-5(6)2-13/h1-2,7H. The van der Waals surface area contributed by atoms with Crippen LogP contribution in [0.3, 0.4) is 0 Å². The van der Waals surface area contributed by atoms with E-state index in [0.29, 0.717) is 6.29 Å². The van der Waals surface area contributed by atoms with Gasteiger partial charge in [0.25, 0.3) is 6.43 Å². The molecule has 1 aromatic rings. The Morgan fingerprint density at radius 2 is 2.23 bits per heavy atom. The zero-order chi connectivity index (χ0) is 10.0. The third-order valence-electron chi connectivity index (χ3n) is 1.29. The van der Waals surface area contributed by atoms with Crippen LogP contribution in [0.25, 0.3) is 0 Å². The molecule has 6 heteroatoms. The highest BCUT2D eigenvalue weighted by Gasteiger charge is 2.14. The number of carbonyl (C=O) groups is 1. The van der Waals surface area contributed by atoms with Gasteiger partial charge < -0.3 is 0 Å². The van der Waals surface area contributed by atoms with Crippen LogP contribution in [-0.4, -0.2) is 11.3 Å². The van der Waals surface area contributed by atoms with Gasteiger partial charge in [0.2, 0.25) is 0 Å². The van der Waals surface area contributed by atoms with Gasteiger partial charge in [-0.05, 0) is 22.0 Å². The molecule has 0 spiro atoms. The molecule has 1 rings (SSSR count). The van der Waals surface area contributed by atoms with E-state index in [1.807, 2.05) is 0 Å². The molecule has 0 N–H and O–H groups in total. The van der Waals surface area contributed by atoms with Gasteiger partial charge in [0.1, 0.15) is 11.4 Å². The molecule has 0 radical (unpaired) electrons. The van der Waals surface area contributed by atoms with Gasteiger partial charge in [0, 0.05) is 0 Å². The van der Waals surface area contributed by atoms with Crippen LogP contribution in [0.5, 0.6) is 0 Å². The summed E-state index contributed by atoms with van der Waals surface area (Å²) in [5, 5.41) is 0.0485. The number of halogens is 4. The van der Waals surface area contributed by atoms with Crippen molar-refractivity contribution < 1.29 is 13.6 Å². The van der Waals surface area contributed by atoms with Gasteiger partial charge in [-0.25, -0.2) is 13.8 Å². The van der Waals surface area contributed by atoms with Crippen molar-refractivity contribution >= 4 is 33.8 Å². The summed E-state index contributed by atoms with van der Waals surface area (Å²) in [4.78, 5) is 13.8. The number of carbonyl (C=O) groups excluding carboxylic acids is 1. The quantitative estimate of drug-likeness (QED) is 0.772. The Bertz CT molecular complexity index is 346. The van der Waals surface area contributed by atoms with E-state index in [0.717, 1.165) is 6.07 Å². The third-order valence-corrected chi connectivity index (χ3v) is 2.65. The van der Waals surface area contributed by atoms with Gasteiger partial charge in [-0.1, -0.05) is 11.6 Å². The Labute approximate surface area is 86.0 Å². The van der Waals surface area contributed by atoms with Crippen LogP contribution in [0, 0.1) is 0 Å². The second-order valence-electron chi connectivity index (χ2n) is 2.15. The van der Waals surface area contributed by atoms with Crippen molar-refractivity contribution in [3.63, 3.8) is 0 Å². The third kappa shape index (κ3) is 2.22. The molecule has 0 atom stereocenters. The number of hydrogen-bond donors (Lipinski definition) is 0. The van der Waals surface area contributed by atoms with E-state index in [-0.39, 0.29) is 15.2 Å². The normalized spacial score (nSPS) is 10.5. The van der Waals surface area contributed by atoms with Crippen LogP contribution < -0.4 is 0 Å². The number of hydrogen-bond acceptors (Lipinski definition) is 2. The molecule has 1 aromatic heterocycles.